The number of unbranched alkanes of at least 4 members (excludes halogenated alkanes) is 2. The van der Waals surface area contributed by atoms with Crippen molar-refractivity contribution in [2.75, 3.05) is 81.0 Å². The quantitative estimate of drug-likeness (QED) is 0.218. The van der Waals surface area contributed by atoms with Gasteiger partial charge in [0.15, 0.2) is 17.8 Å². The minimum absolute atomic E-state index is 0.0490. The highest BCUT2D eigenvalue weighted by atomic mass is 16.7. The van der Waals surface area contributed by atoms with Crippen LogP contribution in [0, 0.1) is 11.3 Å². The van der Waals surface area contributed by atoms with E-state index in [2.05, 4.69) is 46.8 Å². The van der Waals surface area contributed by atoms with Gasteiger partial charge in [-0.15, -0.1) is 0 Å². The number of ether oxygens (including phenoxy) is 5. The van der Waals surface area contributed by atoms with E-state index < -0.39 is 29.6 Å². The van der Waals surface area contributed by atoms with Crippen LogP contribution in [-0.4, -0.2) is 125 Å². The second-order valence-electron chi connectivity index (χ2n) is 14.1. The Morgan fingerprint density at radius 3 is 2.43 bits per heavy atom. The molecule has 0 radical (unpaired) electrons. The van der Waals surface area contributed by atoms with Gasteiger partial charge in [-0.2, -0.15) is 0 Å². The number of carboxylic acids is 1. The number of aliphatic carboxylic acids is 1. The van der Waals surface area contributed by atoms with Gasteiger partial charge in [0.25, 0.3) is 0 Å². The number of benzene rings is 1. The Balaban J connectivity index is 1.61. The fourth-order valence-electron chi connectivity index (χ4n) is 6.77. The molecule has 3 unspecified atom stereocenters. The molecule has 3 aliphatic rings. The molecule has 3 heterocycles. The fraction of sp³-hybridized carbons (Fsp3) is 0.758. The number of hydrogen-bond donors (Lipinski definition) is 1. The highest BCUT2D eigenvalue weighted by Crippen LogP contribution is 2.48. The number of nitrogens with zero attached hydrogens (tertiary/aromatic N) is 3. The molecule has 1 aromatic carbocycles. The van der Waals surface area contributed by atoms with E-state index in [0.717, 1.165) is 42.3 Å². The minimum Gasteiger partial charge on any atom is -0.493 e. The first-order valence-electron chi connectivity index (χ1n) is 16.1. The molecule has 44 heavy (non-hydrogen) atoms. The number of hydrogen-bond acceptors (Lipinski definition) is 8. The number of amides is 1. The van der Waals surface area contributed by atoms with E-state index in [0.29, 0.717) is 56.5 Å². The summed E-state index contributed by atoms with van der Waals surface area (Å²) in [6.45, 7) is 10.4. The van der Waals surface area contributed by atoms with Crippen molar-refractivity contribution in [1.82, 2.24) is 9.80 Å². The van der Waals surface area contributed by atoms with Crippen LogP contribution in [0.25, 0.3) is 0 Å². The number of methoxy groups -OCH3 is 1. The zero-order chi connectivity index (χ0) is 32.1. The molecule has 0 aromatic heterocycles. The summed E-state index contributed by atoms with van der Waals surface area (Å²) in [6.07, 6.45) is 3.98. The van der Waals surface area contributed by atoms with E-state index in [9.17, 15) is 14.7 Å². The van der Waals surface area contributed by atoms with Gasteiger partial charge in [0.1, 0.15) is 0 Å². The van der Waals surface area contributed by atoms with E-state index in [-0.39, 0.29) is 25.2 Å². The molecular formula is C33H54N3O8+. The van der Waals surface area contributed by atoms with Crippen LogP contribution < -0.4 is 14.2 Å². The van der Waals surface area contributed by atoms with Gasteiger partial charge in [-0.1, -0.05) is 27.2 Å². The molecule has 1 aromatic rings. The maximum absolute atomic E-state index is 14.0. The summed E-state index contributed by atoms with van der Waals surface area (Å²) in [5, 5.41) is 10.7. The number of rotatable bonds is 16. The summed E-state index contributed by atoms with van der Waals surface area (Å²) in [4.78, 5) is 31.1. The third kappa shape index (κ3) is 8.35. The molecule has 11 heteroatoms. The Bertz CT molecular complexity index is 1130. The van der Waals surface area contributed by atoms with Gasteiger partial charge in [-0.3, -0.25) is 14.5 Å². The monoisotopic (exact) mass is 620 g/mol. The lowest BCUT2D eigenvalue weighted by Gasteiger charge is -2.37. The van der Waals surface area contributed by atoms with Crippen molar-refractivity contribution in [3.63, 3.8) is 0 Å². The molecule has 0 spiro atoms. The molecule has 248 valence electrons. The van der Waals surface area contributed by atoms with E-state index in [4.69, 9.17) is 23.7 Å². The highest BCUT2D eigenvalue weighted by molar-refractivity contribution is 5.79. The van der Waals surface area contributed by atoms with Crippen LogP contribution in [0.5, 0.6) is 17.2 Å². The summed E-state index contributed by atoms with van der Waals surface area (Å²) in [5.74, 6) is -0.407. The first kappa shape index (κ1) is 34.3. The molecular weight excluding hydrogens is 566 g/mol. The summed E-state index contributed by atoms with van der Waals surface area (Å²) in [5.41, 5.74) is 0.331. The van der Waals surface area contributed by atoms with Gasteiger partial charge in [0.05, 0.1) is 60.5 Å². The van der Waals surface area contributed by atoms with Crippen LogP contribution in [-0.2, 0) is 19.1 Å². The molecule has 1 amide bonds. The number of carboxylic acid groups (broad SMARTS) is 1. The van der Waals surface area contributed by atoms with Crippen LogP contribution in [0.2, 0.25) is 0 Å². The fourth-order valence-corrected chi connectivity index (χ4v) is 6.77. The van der Waals surface area contributed by atoms with Crippen molar-refractivity contribution in [3.8, 4) is 17.2 Å². The molecule has 2 fully saturated rings. The van der Waals surface area contributed by atoms with Gasteiger partial charge in [-0.25, -0.2) is 0 Å². The van der Waals surface area contributed by atoms with E-state index in [1.165, 1.54) is 0 Å². The molecule has 3 aliphatic heterocycles. The Labute approximate surface area is 262 Å². The van der Waals surface area contributed by atoms with Crippen LogP contribution in [0.3, 0.4) is 0 Å². The van der Waals surface area contributed by atoms with E-state index in [1.54, 1.807) is 7.11 Å². The van der Waals surface area contributed by atoms with Gasteiger partial charge < -0.3 is 38.2 Å². The lowest BCUT2D eigenvalue weighted by molar-refractivity contribution is -0.870. The maximum atomic E-state index is 14.0. The van der Waals surface area contributed by atoms with Gasteiger partial charge >= 0.3 is 5.97 Å². The van der Waals surface area contributed by atoms with Crippen molar-refractivity contribution in [2.24, 2.45) is 11.3 Å². The van der Waals surface area contributed by atoms with Crippen molar-refractivity contribution in [2.45, 2.75) is 71.1 Å². The third-order valence-corrected chi connectivity index (χ3v) is 9.12. The van der Waals surface area contributed by atoms with Crippen LogP contribution in [0.4, 0.5) is 0 Å². The van der Waals surface area contributed by atoms with Gasteiger partial charge in [-0.05, 0) is 43.4 Å². The first-order valence-corrected chi connectivity index (χ1v) is 16.1. The second-order valence-corrected chi connectivity index (χ2v) is 14.1. The second kappa shape index (κ2) is 14.7. The van der Waals surface area contributed by atoms with Gasteiger partial charge in [0.2, 0.25) is 18.4 Å². The molecule has 3 atom stereocenters. The zero-order valence-corrected chi connectivity index (χ0v) is 27.8. The molecule has 0 bridgehead atoms. The molecule has 0 saturated carbocycles. The predicted molar refractivity (Wildman–Crippen MR) is 166 cm³/mol. The molecule has 1 N–H and O–H groups in total. The Kier molecular flexibility index (Phi) is 11.4. The maximum Gasteiger partial charge on any atom is 0.308 e. The zero-order valence-electron chi connectivity index (χ0n) is 27.8. The normalized spacial score (nSPS) is 22.5. The SMILES string of the molecule is CCCCN(CCCC[N+](C)(C)C)C(=O)CN1CC(c2cc(OC)c3c(c2)OCO3)C(C(=O)O)C1CC(C)(C)C1OCCO1. The van der Waals surface area contributed by atoms with Crippen LogP contribution >= 0.6 is 0 Å². The Morgan fingerprint density at radius 1 is 1.09 bits per heavy atom. The first-order chi connectivity index (χ1) is 20.8. The predicted octanol–water partition coefficient (Wildman–Crippen LogP) is 3.80. The van der Waals surface area contributed by atoms with Crippen molar-refractivity contribution < 1.29 is 42.9 Å². The van der Waals surface area contributed by atoms with E-state index >= 15 is 0 Å². The minimum atomic E-state index is -0.890. The number of carbonyl (C=O) groups excluding carboxylic acids is 1. The van der Waals surface area contributed by atoms with Crippen molar-refractivity contribution >= 4 is 11.9 Å². The highest BCUT2D eigenvalue weighted by Gasteiger charge is 2.51. The Hall–Kier alpha value is -2.60. The number of fused-ring (bicyclic) bond motifs is 1. The summed E-state index contributed by atoms with van der Waals surface area (Å²) < 4.78 is 29.5. The molecule has 2 saturated heterocycles. The Morgan fingerprint density at radius 2 is 1.80 bits per heavy atom. The molecule has 11 nitrogen and oxygen atoms in total. The van der Waals surface area contributed by atoms with Crippen LogP contribution in [0.1, 0.15) is 64.4 Å². The number of quaternary nitrogens is 1. The van der Waals surface area contributed by atoms with Crippen molar-refractivity contribution in [3.05, 3.63) is 17.7 Å². The number of carbonyl (C=O) groups is 2. The molecule has 4 rings (SSSR count). The third-order valence-electron chi connectivity index (χ3n) is 9.12. The summed E-state index contributed by atoms with van der Waals surface area (Å²) in [7, 11) is 8.11. The van der Waals surface area contributed by atoms with Crippen LogP contribution in [0.15, 0.2) is 12.1 Å². The lowest BCUT2D eigenvalue weighted by Crippen LogP contribution is -2.47. The summed E-state index contributed by atoms with van der Waals surface area (Å²) in [6, 6.07) is 3.31. The van der Waals surface area contributed by atoms with E-state index in [1.807, 2.05) is 17.0 Å². The van der Waals surface area contributed by atoms with Gasteiger partial charge in [0, 0.05) is 37.0 Å². The average molecular weight is 621 g/mol. The molecule has 0 aliphatic carbocycles. The smallest absolute Gasteiger partial charge is 0.308 e. The number of likely N-dealkylation sites (tertiary alicyclic amines) is 1. The topological polar surface area (TPSA) is 107 Å². The largest absolute Gasteiger partial charge is 0.493 e. The average Bonchev–Trinajstić information content (AvgIpc) is 3.72. The van der Waals surface area contributed by atoms with Crippen molar-refractivity contribution in [1.29, 1.82) is 0 Å². The summed E-state index contributed by atoms with van der Waals surface area (Å²) >= 11 is 0. The standard InChI is InChI=1S/C33H53N3O8/c1-8-9-12-34(13-10-11-14-36(4,5)6)28(37)21-35-20-24(23-17-26(40-7)30-27(18-23)43-22-44-30)29(31(38)39)25(35)19-33(2,3)32-41-15-16-42-32/h17-18,24-25,29,32H,8-16,19-22H2,1-7H3/p+1. The lowest BCUT2D eigenvalue weighted by atomic mass is 9.77.